The standard InChI is InChI=1S/C30H46FNO7/c1-28(2,3)37-25(33)22(12-10-11-21-13-16-23(17-14-21)36-20-19-31)15-18-24(26(34)38-29(4,5)6)32-27(35)39-30(7,8)9/h10,12-14,16-17,22,24H,11,15,18-20H2,1-9H3,(H,32,35)/t22?,24-/m0/s1. The molecule has 0 aliphatic carbocycles. The summed E-state index contributed by atoms with van der Waals surface area (Å²) in [6.07, 6.45) is 3.75. The first kappa shape index (κ1) is 33.9. The Morgan fingerprint density at radius 2 is 1.36 bits per heavy atom. The van der Waals surface area contributed by atoms with Gasteiger partial charge in [-0.25, -0.2) is 14.0 Å². The number of hydrogen-bond acceptors (Lipinski definition) is 7. The topological polar surface area (TPSA) is 100 Å². The van der Waals surface area contributed by atoms with Crippen molar-refractivity contribution in [2.45, 2.75) is 104 Å². The fourth-order valence-corrected chi connectivity index (χ4v) is 3.33. The van der Waals surface area contributed by atoms with Crippen LogP contribution >= 0.6 is 0 Å². The second kappa shape index (κ2) is 14.9. The van der Waals surface area contributed by atoms with Crippen molar-refractivity contribution < 1.29 is 37.7 Å². The van der Waals surface area contributed by atoms with Gasteiger partial charge in [0.25, 0.3) is 0 Å². The van der Waals surface area contributed by atoms with Crippen LogP contribution in [0, 0.1) is 5.92 Å². The first-order chi connectivity index (χ1) is 17.9. The van der Waals surface area contributed by atoms with Crippen LogP contribution in [0.2, 0.25) is 0 Å². The number of rotatable bonds is 12. The molecular weight excluding hydrogens is 505 g/mol. The van der Waals surface area contributed by atoms with E-state index in [2.05, 4.69) is 5.32 Å². The second-order valence-electron chi connectivity index (χ2n) is 12.3. The van der Waals surface area contributed by atoms with Crippen molar-refractivity contribution in [3.63, 3.8) is 0 Å². The number of esters is 2. The van der Waals surface area contributed by atoms with Crippen molar-refractivity contribution >= 4 is 18.0 Å². The van der Waals surface area contributed by atoms with Gasteiger partial charge < -0.3 is 24.3 Å². The Hall–Kier alpha value is -3.10. The van der Waals surface area contributed by atoms with E-state index in [0.29, 0.717) is 12.2 Å². The monoisotopic (exact) mass is 551 g/mol. The van der Waals surface area contributed by atoms with E-state index in [4.69, 9.17) is 18.9 Å². The fourth-order valence-electron chi connectivity index (χ4n) is 3.33. The van der Waals surface area contributed by atoms with Crippen LogP contribution in [0.3, 0.4) is 0 Å². The quantitative estimate of drug-likeness (QED) is 0.190. The highest BCUT2D eigenvalue weighted by molar-refractivity contribution is 5.82. The molecule has 0 saturated heterocycles. The van der Waals surface area contributed by atoms with Crippen LogP contribution in [0.4, 0.5) is 9.18 Å². The van der Waals surface area contributed by atoms with Gasteiger partial charge in [-0.3, -0.25) is 4.79 Å². The molecule has 1 amide bonds. The third kappa shape index (κ3) is 15.8. The molecule has 9 heteroatoms. The highest BCUT2D eigenvalue weighted by Gasteiger charge is 2.31. The lowest BCUT2D eigenvalue weighted by molar-refractivity contribution is -0.161. The maximum Gasteiger partial charge on any atom is 0.408 e. The van der Waals surface area contributed by atoms with Gasteiger partial charge >= 0.3 is 18.0 Å². The number of ether oxygens (including phenoxy) is 4. The van der Waals surface area contributed by atoms with Gasteiger partial charge in [0.2, 0.25) is 0 Å². The third-order valence-corrected chi connectivity index (χ3v) is 4.85. The Morgan fingerprint density at radius 3 is 1.87 bits per heavy atom. The summed E-state index contributed by atoms with van der Waals surface area (Å²) < 4.78 is 34.0. The first-order valence-electron chi connectivity index (χ1n) is 13.3. The number of allylic oxidation sites excluding steroid dienone is 1. The van der Waals surface area contributed by atoms with Crippen LogP contribution in [0.25, 0.3) is 0 Å². The molecule has 1 aromatic carbocycles. The minimum Gasteiger partial charge on any atom is -0.491 e. The fraction of sp³-hybridized carbons (Fsp3) is 0.633. The molecular formula is C30H46FNO7. The van der Waals surface area contributed by atoms with Gasteiger partial charge in [-0.2, -0.15) is 0 Å². The molecule has 0 heterocycles. The molecule has 2 atom stereocenters. The summed E-state index contributed by atoms with van der Waals surface area (Å²) in [5.41, 5.74) is -1.23. The average Bonchev–Trinajstić information content (AvgIpc) is 2.76. The van der Waals surface area contributed by atoms with E-state index in [1.54, 1.807) is 80.5 Å². The number of halogens is 1. The predicted octanol–water partition coefficient (Wildman–Crippen LogP) is 6.11. The van der Waals surface area contributed by atoms with Crippen LogP contribution in [-0.2, 0) is 30.2 Å². The number of alkyl halides is 1. The molecule has 0 aliphatic heterocycles. The summed E-state index contributed by atoms with van der Waals surface area (Å²) in [6, 6.07) is 6.23. The Bertz CT molecular complexity index is 953. The van der Waals surface area contributed by atoms with E-state index < -0.39 is 53.5 Å². The summed E-state index contributed by atoms with van der Waals surface area (Å²) in [5, 5.41) is 2.59. The smallest absolute Gasteiger partial charge is 0.408 e. The van der Waals surface area contributed by atoms with Gasteiger partial charge in [0, 0.05) is 0 Å². The van der Waals surface area contributed by atoms with Crippen molar-refractivity contribution in [3.8, 4) is 5.75 Å². The van der Waals surface area contributed by atoms with Crippen LogP contribution in [-0.4, -0.2) is 54.2 Å². The zero-order valence-corrected chi connectivity index (χ0v) is 24.9. The third-order valence-electron chi connectivity index (χ3n) is 4.85. The number of hydrogen-bond donors (Lipinski definition) is 1. The highest BCUT2D eigenvalue weighted by Crippen LogP contribution is 2.20. The van der Waals surface area contributed by atoms with E-state index in [1.807, 2.05) is 18.2 Å². The summed E-state index contributed by atoms with van der Waals surface area (Å²) in [4.78, 5) is 38.4. The molecule has 1 unspecified atom stereocenters. The number of carbonyl (C=O) groups is 3. The number of benzene rings is 1. The lowest BCUT2D eigenvalue weighted by atomic mass is 9.97. The minimum absolute atomic E-state index is 0.00386. The Kier molecular flexibility index (Phi) is 13.0. The first-order valence-corrected chi connectivity index (χ1v) is 13.3. The maximum absolute atomic E-state index is 13.0. The van der Waals surface area contributed by atoms with E-state index in [9.17, 15) is 18.8 Å². The number of nitrogens with one attached hydrogen (secondary N) is 1. The van der Waals surface area contributed by atoms with Crippen LogP contribution in [0.1, 0.15) is 80.7 Å². The van der Waals surface area contributed by atoms with Gasteiger partial charge in [-0.15, -0.1) is 0 Å². The van der Waals surface area contributed by atoms with Crippen molar-refractivity contribution in [2.24, 2.45) is 5.92 Å². The maximum atomic E-state index is 13.0. The minimum atomic E-state index is -1.02. The van der Waals surface area contributed by atoms with E-state index in [-0.39, 0.29) is 19.4 Å². The van der Waals surface area contributed by atoms with Crippen LogP contribution < -0.4 is 10.1 Å². The van der Waals surface area contributed by atoms with Crippen molar-refractivity contribution in [1.29, 1.82) is 0 Å². The van der Waals surface area contributed by atoms with Crippen molar-refractivity contribution in [3.05, 3.63) is 42.0 Å². The molecule has 0 bridgehead atoms. The van der Waals surface area contributed by atoms with Gasteiger partial charge in [0.05, 0.1) is 5.92 Å². The summed E-state index contributed by atoms with van der Waals surface area (Å²) in [7, 11) is 0. The van der Waals surface area contributed by atoms with Gasteiger partial charge in [0.1, 0.15) is 41.9 Å². The molecule has 39 heavy (non-hydrogen) atoms. The molecule has 0 radical (unpaired) electrons. The molecule has 0 aliphatic rings. The molecule has 0 saturated carbocycles. The zero-order chi connectivity index (χ0) is 29.9. The number of carbonyl (C=O) groups excluding carboxylic acids is 3. The SMILES string of the molecule is CC(C)(C)OC(=O)N[C@@H](CCC(C=CCc1ccc(OCCF)cc1)C(=O)OC(C)(C)C)C(=O)OC(C)(C)C. The van der Waals surface area contributed by atoms with E-state index >= 15 is 0 Å². The van der Waals surface area contributed by atoms with Gasteiger partial charge in [0.15, 0.2) is 0 Å². The van der Waals surface area contributed by atoms with Gasteiger partial charge in [-0.05, 0) is 99.3 Å². The molecule has 8 nitrogen and oxygen atoms in total. The normalized spacial score (nSPS) is 13.9. The molecule has 1 rings (SSSR count). The Balaban J connectivity index is 3.03. The van der Waals surface area contributed by atoms with E-state index in [0.717, 1.165) is 5.56 Å². The molecule has 0 spiro atoms. The summed E-state index contributed by atoms with van der Waals surface area (Å²) >= 11 is 0. The van der Waals surface area contributed by atoms with Crippen molar-refractivity contribution in [2.75, 3.05) is 13.3 Å². The van der Waals surface area contributed by atoms with Gasteiger partial charge in [-0.1, -0.05) is 24.3 Å². The zero-order valence-electron chi connectivity index (χ0n) is 24.9. The lowest BCUT2D eigenvalue weighted by Crippen LogP contribution is -2.46. The highest BCUT2D eigenvalue weighted by atomic mass is 19.1. The summed E-state index contributed by atoms with van der Waals surface area (Å²) in [5.74, 6) is -1.14. The largest absolute Gasteiger partial charge is 0.491 e. The Labute approximate surface area is 232 Å². The van der Waals surface area contributed by atoms with Crippen LogP contribution in [0.15, 0.2) is 36.4 Å². The van der Waals surface area contributed by atoms with Crippen molar-refractivity contribution in [1.82, 2.24) is 5.32 Å². The molecule has 0 fully saturated rings. The number of amides is 1. The lowest BCUT2D eigenvalue weighted by Gasteiger charge is -2.27. The Morgan fingerprint density at radius 1 is 0.821 bits per heavy atom. The predicted molar refractivity (Wildman–Crippen MR) is 148 cm³/mol. The molecule has 220 valence electrons. The molecule has 1 aromatic rings. The summed E-state index contributed by atoms with van der Waals surface area (Å²) in [6.45, 7) is 15.2. The molecule has 0 aromatic heterocycles. The van der Waals surface area contributed by atoms with Crippen LogP contribution in [0.5, 0.6) is 5.75 Å². The molecule has 1 N–H and O–H groups in total. The average molecular weight is 552 g/mol. The number of alkyl carbamates (subject to hydrolysis) is 1. The second-order valence-corrected chi connectivity index (χ2v) is 12.3. The van der Waals surface area contributed by atoms with E-state index in [1.165, 1.54) is 0 Å².